The van der Waals surface area contributed by atoms with E-state index in [1.54, 1.807) is 20.8 Å². The van der Waals surface area contributed by atoms with Crippen LogP contribution in [0.2, 0.25) is 0 Å². The highest BCUT2D eigenvalue weighted by Gasteiger charge is 2.60. The number of phosphoric acid groups is 1. The SMILES string of the molecule is CC(C)O[P@]1(=O)OC[C@H]2O[C@@H](n3ccc(=O)[nH]c3=O)[C@](C)(Cl)[C@@H]2O1. The first-order valence-corrected chi connectivity index (χ1v) is 9.23. The maximum Gasteiger partial charge on any atom is 0.475 e. The number of alkyl halides is 1. The number of nitrogens with zero attached hydrogens (tertiary/aromatic N) is 1. The normalized spacial score (nSPS) is 39.1. The van der Waals surface area contributed by atoms with E-state index >= 15 is 0 Å². The topological polar surface area (TPSA) is 109 Å². The molecule has 0 amide bonds. The average Bonchev–Trinajstić information content (AvgIpc) is 2.69. The van der Waals surface area contributed by atoms with Crippen LogP contribution < -0.4 is 11.2 Å². The Kier molecular flexibility index (Phi) is 4.53. The zero-order valence-corrected chi connectivity index (χ0v) is 15.0. The van der Waals surface area contributed by atoms with Crippen molar-refractivity contribution in [3.8, 4) is 0 Å². The van der Waals surface area contributed by atoms with Gasteiger partial charge in [0.05, 0.1) is 12.7 Å². The number of nitrogens with one attached hydrogen (secondary N) is 1. The first-order chi connectivity index (χ1) is 11.1. The summed E-state index contributed by atoms with van der Waals surface area (Å²) in [6.45, 7) is 4.95. The van der Waals surface area contributed by atoms with E-state index in [1.165, 1.54) is 12.3 Å². The number of hydrogen-bond donors (Lipinski definition) is 1. The third-order valence-electron chi connectivity index (χ3n) is 3.76. The predicted molar refractivity (Wildman–Crippen MR) is 84.1 cm³/mol. The van der Waals surface area contributed by atoms with Crippen molar-refractivity contribution in [3.05, 3.63) is 33.1 Å². The van der Waals surface area contributed by atoms with E-state index in [0.717, 1.165) is 4.57 Å². The molecule has 2 aliphatic heterocycles. The maximum atomic E-state index is 12.5. The van der Waals surface area contributed by atoms with Crippen molar-refractivity contribution in [2.24, 2.45) is 0 Å². The van der Waals surface area contributed by atoms with Crippen LogP contribution in [-0.4, -0.2) is 39.3 Å². The molecule has 1 aromatic rings. The van der Waals surface area contributed by atoms with E-state index in [-0.39, 0.29) is 12.7 Å². The van der Waals surface area contributed by atoms with E-state index in [9.17, 15) is 14.2 Å². The molecule has 11 heteroatoms. The van der Waals surface area contributed by atoms with Crippen LogP contribution in [-0.2, 0) is 22.9 Å². The van der Waals surface area contributed by atoms with Gasteiger partial charge in [0.15, 0.2) is 6.23 Å². The van der Waals surface area contributed by atoms with Gasteiger partial charge in [0.25, 0.3) is 5.56 Å². The van der Waals surface area contributed by atoms with E-state index in [1.807, 2.05) is 0 Å². The van der Waals surface area contributed by atoms with E-state index < -0.39 is 42.4 Å². The van der Waals surface area contributed by atoms with Crippen molar-refractivity contribution in [3.63, 3.8) is 0 Å². The lowest BCUT2D eigenvalue weighted by atomic mass is 10.0. The van der Waals surface area contributed by atoms with E-state index in [0.29, 0.717) is 0 Å². The molecule has 0 aromatic carbocycles. The highest BCUT2D eigenvalue weighted by molar-refractivity contribution is 7.48. The summed E-state index contributed by atoms with van der Waals surface area (Å²) < 4.78 is 35.4. The first kappa shape index (κ1) is 17.8. The van der Waals surface area contributed by atoms with Crippen LogP contribution in [0.3, 0.4) is 0 Å². The fourth-order valence-corrected chi connectivity index (χ4v) is 4.82. The van der Waals surface area contributed by atoms with Gasteiger partial charge in [-0.05, 0) is 20.8 Å². The van der Waals surface area contributed by atoms with Crippen molar-refractivity contribution in [2.75, 3.05) is 6.61 Å². The monoisotopic (exact) mass is 380 g/mol. The minimum atomic E-state index is -3.77. The standard InChI is InChI=1S/C13H18ClN2O7P/c1-7(2)22-24(19)20-6-8-10(23-24)13(3,14)11(21-8)16-5-4-9(17)15-12(16)18/h4-5,7-8,10-11H,6H2,1-3H3,(H,15,17,18)/t8-,10-,11-,13-,24+/m1/s1. The predicted octanol–water partition coefficient (Wildman–Crippen LogP) is 1.38. The second kappa shape index (κ2) is 6.09. The van der Waals surface area contributed by atoms with Gasteiger partial charge in [-0.25, -0.2) is 9.36 Å². The van der Waals surface area contributed by atoms with Crippen molar-refractivity contribution in [2.45, 2.75) is 50.2 Å². The van der Waals surface area contributed by atoms with Crippen molar-refractivity contribution in [1.82, 2.24) is 9.55 Å². The molecule has 0 unspecified atom stereocenters. The quantitative estimate of drug-likeness (QED) is 0.623. The zero-order chi connectivity index (χ0) is 17.7. The van der Waals surface area contributed by atoms with Gasteiger partial charge in [-0.2, -0.15) is 0 Å². The third-order valence-corrected chi connectivity index (χ3v) is 5.80. The third kappa shape index (κ3) is 3.12. The Morgan fingerprint density at radius 3 is 2.83 bits per heavy atom. The van der Waals surface area contributed by atoms with Gasteiger partial charge in [-0.1, -0.05) is 0 Å². The van der Waals surface area contributed by atoms with Crippen molar-refractivity contribution >= 4 is 19.4 Å². The maximum absolute atomic E-state index is 12.5. The minimum Gasteiger partial charge on any atom is -0.347 e. The second-order valence-corrected chi connectivity index (χ2v) is 8.51. The Bertz CT molecular complexity index is 789. The van der Waals surface area contributed by atoms with Gasteiger partial charge in [0, 0.05) is 12.3 Å². The summed E-state index contributed by atoms with van der Waals surface area (Å²) >= 11 is 6.58. The molecule has 24 heavy (non-hydrogen) atoms. The smallest absolute Gasteiger partial charge is 0.347 e. The van der Waals surface area contributed by atoms with Crippen LogP contribution in [0.25, 0.3) is 0 Å². The molecule has 0 spiro atoms. The molecule has 2 aliphatic rings. The number of aromatic amines is 1. The summed E-state index contributed by atoms with van der Waals surface area (Å²) in [5, 5.41) is 0. The lowest BCUT2D eigenvalue weighted by Crippen LogP contribution is -2.45. The number of fused-ring (bicyclic) bond motifs is 1. The fourth-order valence-electron chi connectivity index (χ4n) is 2.77. The largest absolute Gasteiger partial charge is 0.475 e. The Balaban J connectivity index is 1.91. The number of phosphoric ester groups is 1. The molecule has 2 fully saturated rings. The molecular weight excluding hydrogens is 363 g/mol. The Labute approximate surface area is 142 Å². The van der Waals surface area contributed by atoms with Crippen LogP contribution in [0, 0.1) is 0 Å². The number of aromatic nitrogens is 2. The van der Waals surface area contributed by atoms with Crippen LogP contribution in [0.5, 0.6) is 0 Å². The van der Waals surface area contributed by atoms with Gasteiger partial charge < -0.3 is 4.74 Å². The number of rotatable bonds is 3. The molecule has 9 nitrogen and oxygen atoms in total. The van der Waals surface area contributed by atoms with Gasteiger partial charge in [-0.3, -0.25) is 27.9 Å². The lowest BCUT2D eigenvalue weighted by molar-refractivity contribution is -0.0748. The number of halogens is 1. The first-order valence-electron chi connectivity index (χ1n) is 7.39. The van der Waals surface area contributed by atoms with Gasteiger partial charge in [0.2, 0.25) is 0 Å². The number of H-pyrrole nitrogens is 1. The number of hydrogen-bond acceptors (Lipinski definition) is 7. The van der Waals surface area contributed by atoms with Gasteiger partial charge >= 0.3 is 13.5 Å². The summed E-state index contributed by atoms with van der Waals surface area (Å²) in [6.07, 6.45) is -1.47. The fraction of sp³-hybridized carbons (Fsp3) is 0.692. The molecule has 5 atom stereocenters. The lowest BCUT2D eigenvalue weighted by Gasteiger charge is -2.35. The Morgan fingerprint density at radius 2 is 2.21 bits per heavy atom. The molecular formula is C13H18ClN2O7P. The summed E-state index contributed by atoms with van der Waals surface area (Å²) in [7, 11) is -3.77. The molecule has 0 saturated carbocycles. The van der Waals surface area contributed by atoms with E-state index in [2.05, 4.69) is 4.98 Å². The molecule has 0 bridgehead atoms. The molecule has 134 valence electrons. The summed E-state index contributed by atoms with van der Waals surface area (Å²) in [6, 6.07) is 1.18. The highest BCUT2D eigenvalue weighted by Crippen LogP contribution is 2.60. The van der Waals surface area contributed by atoms with Crippen LogP contribution in [0.15, 0.2) is 21.9 Å². The highest BCUT2D eigenvalue weighted by atomic mass is 35.5. The van der Waals surface area contributed by atoms with Crippen LogP contribution in [0.4, 0.5) is 0 Å². The van der Waals surface area contributed by atoms with Gasteiger partial charge in [0.1, 0.15) is 17.1 Å². The van der Waals surface area contributed by atoms with Crippen LogP contribution in [0.1, 0.15) is 27.0 Å². The Morgan fingerprint density at radius 1 is 1.50 bits per heavy atom. The minimum absolute atomic E-state index is 0.0500. The van der Waals surface area contributed by atoms with Crippen LogP contribution >= 0.6 is 19.4 Å². The molecule has 2 saturated heterocycles. The molecule has 0 aliphatic carbocycles. The zero-order valence-electron chi connectivity index (χ0n) is 13.3. The summed E-state index contributed by atoms with van der Waals surface area (Å²) in [4.78, 5) is 24.1. The summed E-state index contributed by atoms with van der Waals surface area (Å²) in [5.74, 6) is 0. The number of ether oxygens (including phenoxy) is 1. The van der Waals surface area contributed by atoms with Crippen molar-refractivity contribution < 1.29 is 22.9 Å². The molecule has 1 aromatic heterocycles. The molecule has 3 heterocycles. The summed E-state index contributed by atoms with van der Waals surface area (Å²) in [5.41, 5.74) is -1.20. The average molecular weight is 381 g/mol. The van der Waals surface area contributed by atoms with Gasteiger partial charge in [-0.15, -0.1) is 11.6 Å². The molecule has 0 radical (unpaired) electrons. The molecule has 1 N–H and O–H groups in total. The van der Waals surface area contributed by atoms with Crippen molar-refractivity contribution in [1.29, 1.82) is 0 Å². The second-order valence-electron chi connectivity index (χ2n) is 6.12. The molecule has 3 rings (SSSR count). The Hall–Kier alpha value is -0.960. The van der Waals surface area contributed by atoms with E-state index in [4.69, 9.17) is 29.9 Å².